The Morgan fingerprint density at radius 1 is 1.38 bits per heavy atom. The van der Waals surface area contributed by atoms with Gasteiger partial charge < -0.3 is 9.64 Å². The van der Waals surface area contributed by atoms with Gasteiger partial charge in [0.15, 0.2) is 0 Å². The molecule has 0 N–H and O–H groups in total. The molecule has 1 aromatic heterocycles. The fraction of sp³-hybridized carbons (Fsp3) is 0.471. The number of hydrogen-bond acceptors (Lipinski definition) is 3. The number of aromatic nitrogens is 1. The number of alkyl halides is 1. The minimum atomic E-state index is 0.485. The third kappa shape index (κ3) is 3.30. The van der Waals surface area contributed by atoms with Crippen molar-refractivity contribution in [3.8, 4) is 0 Å². The lowest BCUT2D eigenvalue weighted by atomic mass is 10.0. The zero-order valence-electron chi connectivity index (χ0n) is 12.4. The van der Waals surface area contributed by atoms with Crippen molar-refractivity contribution in [1.29, 1.82) is 0 Å². The molecule has 0 bridgehead atoms. The molecule has 1 aliphatic rings. The van der Waals surface area contributed by atoms with Crippen molar-refractivity contribution in [2.75, 3.05) is 31.7 Å². The first-order valence-corrected chi connectivity index (χ1v) is 8.05. The first kappa shape index (κ1) is 14.6. The third-order valence-corrected chi connectivity index (χ3v) is 4.36. The summed E-state index contributed by atoms with van der Waals surface area (Å²) < 4.78 is 5.57. The molecule has 3 rings (SSSR count). The number of halogens is 1. The lowest BCUT2D eigenvalue weighted by molar-refractivity contribution is 0.0576. The normalized spacial score (nSPS) is 18.9. The zero-order chi connectivity index (χ0) is 14.7. The van der Waals surface area contributed by atoms with Gasteiger partial charge in [0.2, 0.25) is 0 Å². The molecule has 1 aliphatic heterocycles. The second-order valence-corrected chi connectivity index (χ2v) is 6.03. The van der Waals surface area contributed by atoms with Crippen LogP contribution in [0.4, 0.5) is 5.82 Å². The summed E-state index contributed by atoms with van der Waals surface area (Å²) in [7, 11) is 2.10. The van der Waals surface area contributed by atoms with Crippen molar-refractivity contribution >= 4 is 28.3 Å². The van der Waals surface area contributed by atoms with E-state index in [1.165, 1.54) is 6.42 Å². The van der Waals surface area contributed by atoms with Crippen molar-refractivity contribution in [2.45, 2.75) is 18.7 Å². The smallest absolute Gasteiger partial charge is 0.133 e. The number of anilines is 1. The summed E-state index contributed by atoms with van der Waals surface area (Å²) in [6.07, 6.45) is 2.39. The van der Waals surface area contributed by atoms with Crippen LogP contribution >= 0.6 is 11.6 Å². The molecule has 112 valence electrons. The molecule has 0 saturated carbocycles. The average Bonchev–Trinajstić information content (AvgIpc) is 2.54. The maximum absolute atomic E-state index is 6.13. The van der Waals surface area contributed by atoms with Crippen molar-refractivity contribution in [3.05, 3.63) is 35.9 Å². The van der Waals surface area contributed by atoms with Gasteiger partial charge in [-0.2, -0.15) is 0 Å². The Hall–Kier alpha value is -1.32. The Bertz CT molecular complexity index is 611. The Labute approximate surface area is 130 Å². The van der Waals surface area contributed by atoms with E-state index < -0.39 is 0 Å². The van der Waals surface area contributed by atoms with Crippen molar-refractivity contribution in [1.82, 2.24) is 4.98 Å². The molecular formula is C17H21ClN2O. The molecule has 0 aliphatic carbocycles. The number of rotatable bonds is 4. The summed E-state index contributed by atoms with van der Waals surface area (Å²) in [6.45, 7) is 2.73. The van der Waals surface area contributed by atoms with Crippen LogP contribution in [-0.2, 0) is 10.6 Å². The number of para-hydroxylation sites is 1. The molecule has 1 fully saturated rings. The third-order valence-electron chi connectivity index (χ3n) is 4.07. The van der Waals surface area contributed by atoms with Crippen molar-refractivity contribution in [3.63, 3.8) is 0 Å². The molecule has 21 heavy (non-hydrogen) atoms. The van der Waals surface area contributed by atoms with Gasteiger partial charge in [0.05, 0.1) is 18.0 Å². The monoisotopic (exact) mass is 304 g/mol. The number of fused-ring (bicyclic) bond motifs is 1. The number of hydrogen-bond donors (Lipinski definition) is 0. The largest absolute Gasteiger partial charge is 0.381 e. The van der Waals surface area contributed by atoms with Gasteiger partial charge in [-0.25, -0.2) is 4.98 Å². The first-order valence-electron chi connectivity index (χ1n) is 7.51. The van der Waals surface area contributed by atoms with E-state index in [0.717, 1.165) is 48.5 Å². The van der Waals surface area contributed by atoms with E-state index >= 15 is 0 Å². The summed E-state index contributed by atoms with van der Waals surface area (Å²) in [6, 6.07) is 10.3. The quantitative estimate of drug-likeness (QED) is 0.803. The standard InChI is InChI=1S/C17H21ClN2O/c1-20(11-13-5-4-8-21-12-13)17-15(10-18)9-14-6-2-3-7-16(14)19-17/h2-3,6-7,9,13H,4-5,8,10-12H2,1H3. The van der Waals surface area contributed by atoms with Crippen molar-refractivity contribution in [2.24, 2.45) is 5.92 Å². The predicted molar refractivity (Wildman–Crippen MR) is 88.1 cm³/mol. The summed E-state index contributed by atoms with van der Waals surface area (Å²) in [5, 5.41) is 1.14. The van der Waals surface area contributed by atoms with Crippen molar-refractivity contribution < 1.29 is 4.74 Å². The maximum Gasteiger partial charge on any atom is 0.133 e. The van der Waals surface area contributed by atoms with E-state index in [1.54, 1.807) is 0 Å². The van der Waals surface area contributed by atoms with E-state index in [1.807, 2.05) is 12.1 Å². The molecule has 0 radical (unpaired) electrons. The highest BCUT2D eigenvalue weighted by atomic mass is 35.5. The Kier molecular flexibility index (Phi) is 4.61. The molecule has 4 heteroatoms. The van der Waals surface area contributed by atoms with E-state index in [4.69, 9.17) is 21.3 Å². The summed E-state index contributed by atoms with van der Waals surface area (Å²) in [4.78, 5) is 7.04. The summed E-state index contributed by atoms with van der Waals surface area (Å²) in [5.74, 6) is 2.06. The number of benzene rings is 1. The molecule has 3 nitrogen and oxygen atoms in total. The van der Waals surface area contributed by atoms with Crippen LogP contribution in [0.25, 0.3) is 10.9 Å². The zero-order valence-corrected chi connectivity index (χ0v) is 13.1. The average molecular weight is 305 g/mol. The van der Waals surface area contributed by atoms with Crippen LogP contribution in [0.5, 0.6) is 0 Å². The molecule has 2 aromatic rings. The van der Waals surface area contributed by atoms with Crippen LogP contribution < -0.4 is 4.90 Å². The lowest BCUT2D eigenvalue weighted by Gasteiger charge is -2.29. The van der Waals surface area contributed by atoms with Crippen LogP contribution in [0.2, 0.25) is 0 Å². The predicted octanol–water partition coefficient (Wildman–Crippen LogP) is 3.84. The van der Waals surface area contributed by atoms with Crippen LogP contribution in [-0.4, -0.2) is 31.8 Å². The maximum atomic E-state index is 6.13. The lowest BCUT2D eigenvalue weighted by Crippen LogP contribution is -2.31. The molecule has 1 saturated heterocycles. The molecule has 1 unspecified atom stereocenters. The fourth-order valence-electron chi connectivity index (χ4n) is 3.00. The summed E-state index contributed by atoms with van der Waals surface area (Å²) >= 11 is 6.13. The van der Waals surface area contributed by atoms with Gasteiger partial charge in [0.25, 0.3) is 0 Å². The van der Waals surface area contributed by atoms with Gasteiger partial charge in [0, 0.05) is 31.1 Å². The second-order valence-electron chi connectivity index (χ2n) is 5.76. The van der Waals surface area contributed by atoms with E-state index in [2.05, 4.69) is 30.1 Å². The van der Waals surface area contributed by atoms with Crippen LogP contribution in [0.1, 0.15) is 18.4 Å². The van der Waals surface area contributed by atoms with E-state index in [0.29, 0.717) is 11.8 Å². The van der Waals surface area contributed by atoms with Crippen LogP contribution in [0, 0.1) is 5.92 Å². The fourth-order valence-corrected chi connectivity index (χ4v) is 3.20. The first-order chi connectivity index (χ1) is 10.3. The van der Waals surface area contributed by atoms with Crippen LogP contribution in [0.3, 0.4) is 0 Å². The summed E-state index contributed by atoms with van der Waals surface area (Å²) in [5.41, 5.74) is 2.11. The molecular weight excluding hydrogens is 284 g/mol. The highest BCUT2D eigenvalue weighted by molar-refractivity contribution is 6.17. The molecule has 2 heterocycles. The van der Waals surface area contributed by atoms with Gasteiger partial charge in [-0.05, 0) is 30.9 Å². The topological polar surface area (TPSA) is 25.4 Å². The Morgan fingerprint density at radius 2 is 2.24 bits per heavy atom. The minimum absolute atomic E-state index is 0.485. The number of nitrogens with zero attached hydrogens (tertiary/aromatic N) is 2. The van der Waals surface area contributed by atoms with E-state index in [-0.39, 0.29) is 0 Å². The highest BCUT2D eigenvalue weighted by Crippen LogP contribution is 2.26. The molecule has 0 amide bonds. The Balaban J connectivity index is 1.86. The number of pyridine rings is 1. The molecule has 0 spiro atoms. The van der Waals surface area contributed by atoms with Gasteiger partial charge >= 0.3 is 0 Å². The van der Waals surface area contributed by atoms with Crippen LogP contribution in [0.15, 0.2) is 30.3 Å². The minimum Gasteiger partial charge on any atom is -0.381 e. The molecule has 1 atom stereocenters. The van der Waals surface area contributed by atoms with Gasteiger partial charge in [-0.15, -0.1) is 11.6 Å². The SMILES string of the molecule is CN(CC1CCCOC1)c1nc2ccccc2cc1CCl. The van der Waals surface area contributed by atoms with Gasteiger partial charge in [-0.3, -0.25) is 0 Å². The second kappa shape index (κ2) is 6.63. The number of ether oxygens (including phenoxy) is 1. The highest BCUT2D eigenvalue weighted by Gasteiger charge is 2.18. The van der Waals surface area contributed by atoms with E-state index in [9.17, 15) is 0 Å². The van der Waals surface area contributed by atoms with Gasteiger partial charge in [-0.1, -0.05) is 18.2 Å². The Morgan fingerprint density at radius 3 is 3.00 bits per heavy atom. The molecule has 1 aromatic carbocycles. The van der Waals surface area contributed by atoms with Gasteiger partial charge in [0.1, 0.15) is 5.82 Å².